The molecule has 2 aromatic rings. The molecule has 0 fully saturated rings. The number of methoxy groups -OCH3 is 1. The molecule has 0 spiro atoms. The monoisotopic (exact) mass is 414 g/mol. The number of anilines is 1. The molecule has 8 heteroatoms. The zero-order valence-corrected chi connectivity index (χ0v) is 17.5. The Balaban J connectivity index is 1.75. The highest BCUT2D eigenvalue weighted by molar-refractivity contribution is 5.94. The first kappa shape index (κ1) is 22.7. The van der Waals surface area contributed by atoms with Gasteiger partial charge in [-0.3, -0.25) is 9.59 Å². The molecule has 8 nitrogen and oxygen atoms in total. The zero-order chi connectivity index (χ0) is 22.1. The van der Waals surface area contributed by atoms with E-state index in [1.165, 1.54) is 18.9 Å². The Morgan fingerprint density at radius 3 is 2.20 bits per heavy atom. The van der Waals surface area contributed by atoms with Crippen LogP contribution in [0.15, 0.2) is 48.5 Å². The van der Waals surface area contributed by atoms with Crippen molar-refractivity contribution in [2.75, 3.05) is 32.6 Å². The largest absolute Gasteiger partial charge is 0.497 e. The normalized spacial score (nSPS) is 11.2. The zero-order valence-electron chi connectivity index (χ0n) is 17.5. The number of nitrogens with one attached hydrogen (secondary N) is 1. The lowest BCUT2D eigenvalue weighted by Gasteiger charge is -2.18. The molecule has 0 heterocycles. The third kappa shape index (κ3) is 7.12. The molecule has 0 radical (unpaired) electrons. The molecular formula is C22H26N2O6. The molecule has 0 aliphatic carbocycles. The predicted octanol–water partition coefficient (Wildman–Crippen LogP) is 2.41. The third-order valence-corrected chi connectivity index (χ3v) is 4.18. The van der Waals surface area contributed by atoms with Gasteiger partial charge < -0.3 is 24.4 Å². The summed E-state index contributed by atoms with van der Waals surface area (Å²) in [6.07, 6.45) is -0.902. The molecule has 2 amide bonds. The maximum absolute atomic E-state index is 12.1. The van der Waals surface area contributed by atoms with Crippen LogP contribution >= 0.6 is 0 Å². The van der Waals surface area contributed by atoms with Gasteiger partial charge in [0.05, 0.1) is 13.7 Å². The number of esters is 1. The maximum atomic E-state index is 12.1. The molecule has 0 saturated heterocycles. The van der Waals surface area contributed by atoms with E-state index in [0.717, 1.165) is 5.56 Å². The van der Waals surface area contributed by atoms with E-state index in [0.29, 0.717) is 17.2 Å². The fraction of sp³-hybridized carbons (Fsp3) is 0.318. The second-order valence-electron chi connectivity index (χ2n) is 6.71. The molecular weight excluding hydrogens is 388 g/mol. The van der Waals surface area contributed by atoms with E-state index in [4.69, 9.17) is 14.2 Å². The summed E-state index contributed by atoms with van der Waals surface area (Å²) in [5.74, 6) is -0.401. The van der Waals surface area contributed by atoms with Crippen molar-refractivity contribution >= 4 is 23.5 Å². The number of hydrogen-bond donors (Lipinski definition) is 1. The van der Waals surface area contributed by atoms with Crippen molar-refractivity contribution in [3.63, 3.8) is 0 Å². The Hall–Kier alpha value is -3.55. The summed E-state index contributed by atoms with van der Waals surface area (Å²) in [5.41, 5.74) is 1.72. The number of hydrogen-bond acceptors (Lipinski definition) is 6. The van der Waals surface area contributed by atoms with Crippen molar-refractivity contribution in [2.45, 2.75) is 20.0 Å². The van der Waals surface area contributed by atoms with Gasteiger partial charge in [-0.15, -0.1) is 0 Å². The summed E-state index contributed by atoms with van der Waals surface area (Å²) in [6, 6.07) is 14.0. The number of rotatable bonds is 9. The van der Waals surface area contributed by atoms with Gasteiger partial charge in [0, 0.05) is 12.7 Å². The van der Waals surface area contributed by atoms with Crippen LogP contribution < -0.4 is 14.8 Å². The van der Waals surface area contributed by atoms with E-state index in [2.05, 4.69) is 5.32 Å². The highest BCUT2D eigenvalue weighted by Gasteiger charge is 2.20. The predicted molar refractivity (Wildman–Crippen MR) is 111 cm³/mol. The molecule has 1 N–H and O–H groups in total. The molecule has 0 bridgehead atoms. The van der Waals surface area contributed by atoms with Gasteiger partial charge in [-0.05, 0) is 50.2 Å². The van der Waals surface area contributed by atoms with Crippen LogP contribution in [0.2, 0.25) is 0 Å². The molecule has 0 aliphatic heterocycles. The van der Waals surface area contributed by atoms with Gasteiger partial charge in [-0.25, -0.2) is 4.79 Å². The maximum Gasteiger partial charge on any atom is 0.347 e. The molecule has 1 unspecified atom stereocenters. The summed E-state index contributed by atoms with van der Waals surface area (Å²) in [7, 11) is 3.01. The number of carbonyl (C=O) groups is 3. The first-order chi connectivity index (χ1) is 14.3. The fourth-order valence-corrected chi connectivity index (χ4v) is 2.41. The third-order valence-electron chi connectivity index (χ3n) is 4.18. The summed E-state index contributed by atoms with van der Waals surface area (Å²) in [6.45, 7) is 2.82. The van der Waals surface area contributed by atoms with Crippen molar-refractivity contribution in [1.82, 2.24) is 4.90 Å². The minimum Gasteiger partial charge on any atom is -0.497 e. The Kier molecular flexibility index (Phi) is 8.22. The standard InChI is InChI=1S/C22H26N2O6/c1-15-5-7-17(8-6-15)23-20(25)13-24(3)21(26)14-29-22(27)16(2)30-19-11-9-18(28-4)10-12-19/h5-12,16H,13-14H2,1-4H3,(H,23,25). The molecule has 1 atom stereocenters. The average Bonchev–Trinajstić information content (AvgIpc) is 2.73. The molecule has 160 valence electrons. The van der Waals surface area contributed by atoms with Crippen LogP contribution in [0, 0.1) is 6.92 Å². The molecule has 0 saturated carbocycles. The lowest BCUT2D eigenvalue weighted by molar-refractivity contribution is -0.157. The Morgan fingerprint density at radius 1 is 1.00 bits per heavy atom. The number of amides is 2. The van der Waals surface area contributed by atoms with Crippen LogP contribution in [0.5, 0.6) is 11.5 Å². The van der Waals surface area contributed by atoms with Crippen LogP contribution in [-0.4, -0.2) is 56.1 Å². The topological polar surface area (TPSA) is 94.2 Å². The second-order valence-corrected chi connectivity index (χ2v) is 6.71. The molecule has 2 rings (SSSR count). The van der Waals surface area contributed by atoms with Gasteiger partial charge in [0.15, 0.2) is 12.7 Å². The van der Waals surface area contributed by atoms with E-state index < -0.39 is 24.6 Å². The molecule has 30 heavy (non-hydrogen) atoms. The Morgan fingerprint density at radius 2 is 1.60 bits per heavy atom. The van der Waals surface area contributed by atoms with Crippen LogP contribution in [0.3, 0.4) is 0 Å². The highest BCUT2D eigenvalue weighted by Crippen LogP contribution is 2.18. The van der Waals surface area contributed by atoms with Crippen LogP contribution in [0.4, 0.5) is 5.69 Å². The minimum atomic E-state index is -0.902. The van der Waals surface area contributed by atoms with Gasteiger partial charge in [0.25, 0.3) is 5.91 Å². The number of carbonyl (C=O) groups excluding carboxylic acids is 3. The lowest BCUT2D eigenvalue weighted by Crippen LogP contribution is -2.38. The highest BCUT2D eigenvalue weighted by atomic mass is 16.6. The molecule has 0 aliphatic rings. The SMILES string of the molecule is COc1ccc(OC(C)C(=O)OCC(=O)N(C)CC(=O)Nc2ccc(C)cc2)cc1. The van der Waals surface area contributed by atoms with Crippen LogP contribution in [0.1, 0.15) is 12.5 Å². The first-order valence-electron chi connectivity index (χ1n) is 9.36. The smallest absolute Gasteiger partial charge is 0.347 e. The number of ether oxygens (including phenoxy) is 3. The average molecular weight is 414 g/mol. The second kappa shape index (κ2) is 10.8. The van der Waals surface area contributed by atoms with Gasteiger partial charge in [0.2, 0.25) is 5.91 Å². The van der Waals surface area contributed by atoms with E-state index in [-0.39, 0.29) is 12.5 Å². The van der Waals surface area contributed by atoms with Gasteiger partial charge in [-0.2, -0.15) is 0 Å². The summed E-state index contributed by atoms with van der Waals surface area (Å²) in [4.78, 5) is 37.5. The minimum absolute atomic E-state index is 0.165. The molecule has 2 aromatic carbocycles. The molecule has 0 aromatic heterocycles. The fourth-order valence-electron chi connectivity index (χ4n) is 2.41. The summed E-state index contributed by atoms with van der Waals surface area (Å²) in [5, 5.41) is 2.70. The van der Waals surface area contributed by atoms with Crippen molar-refractivity contribution in [3.8, 4) is 11.5 Å². The summed E-state index contributed by atoms with van der Waals surface area (Å²) >= 11 is 0. The number of aryl methyl sites for hydroxylation is 1. The van der Waals surface area contributed by atoms with E-state index in [1.807, 2.05) is 19.1 Å². The van der Waals surface area contributed by atoms with Crippen molar-refractivity contribution in [3.05, 3.63) is 54.1 Å². The summed E-state index contributed by atoms with van der Waals surface area (Å²) < 4.78 is 15.6. The number of nitrogens with zero attached hydrogens (tertiary/aromatic N) is 1. The Labute approximate surface area is 175 Å². The number of benzene rings is 2. The van der Waals surface area contributed by atoms with Crippen molar-refractivity contribution in [1.29, 1.82) is 0 Å². The van der Waals surface area contributed by atoms with E-state index in [1.54, 1.807) is 43.5 Å². The van der Waals surface area contributed by atoms with Crippen molar-refractivity contribution in [2.24, 2.45) is 0 Å². The van der Waals surface area contributed by atoms with Crippen LogP contribution in [0.25, 0.3) is 0 Å². The van der Waals surface area contributed by atoms with E-state index >= 15 is 0 Å². The Bertz CT molecular complexity index is 864. The van der Waals surface area contributed by atoms with Crippen molar-refractivity contribution < 1.29 is 28.6 Å². The lowest BCUT2D eigenvalue weighted by atomic mass is 10.2. The first-order valence-corrected chi connectivity index (χ1v) is 9.36. The number of likely N-dealkylation sites (N-methyl/N-ethyl adjacent to an activating group) is 1. The van der Waals surface area contributed by atoms with Gasteiger partial charge >= 0.3 is 5.97 Å². The van der Waals surface area contributed by atoms with Crippen LogP contribution in [-0.2, 0) is 19.1 Å². The quantitative estimate of drug-likeness (QED) is 0.634. The van der Waals surface area contributed by atoms with E-state index in [9.17, 15) is 14.4 Å². The van der Waals surface area contributed by atoms with Gasteiger partial charge in [0.1, 0.15) is 11.5 Å². The van der Waals surface area contributed by atoms with Gasteiger partial charge in [-0.1, -0.05) is 17.7 Å².